The summed E-state index contributed by atoms with van der Waals surface area (Å²) in [7, 11) is 4.15. The molecule has 4 nitrogen and oxygen atoms in total. The van der Waals surface area contributed by atoms with Crippen LogP contribution in [0.5, 0.6) is 0 Å². The summed E-state index contributed by atoms with van der Waals surface area (Å²) in [4.78, 5) is 10.5. The number of aryl methyl sites for hydroxylation is 2. The number of anilines is 1. The van der Waals surface area contributed by atoms with Crippen molar-refractivity contribution >= 4 is 12.5 Å². The van der Waals surface area contributed by atoms with Crippen molar-refractivity contribution in [3.05, 3.63) is 46.8 Å². The Kier molecular flexibility index (Phi) is 7.54. The Morgan fingerprint density at radius 3 is 2.68 bits per heavy atom. The molecule has 0 amide bonds. The molecule has 1 heterocycles. The van der Waals surface area contributed by atoms with Gasteiger partial charge in [-0.05, 0) is 77.2 Å². The first-order valence-corrected chi connectivity index (χ1v) is 7.60. The Hall–Kier alpha value is -1.94. The highest BCUT2D eigenvalue weighted by Crippen LogP contribution is 2.14. The standard InChI is InChI=1S/C18H28N4/c1-14(10-16(13-20-3)8-9-22(4)5)6-7-17-11-15(2)12-18(19)21-17/h10-13H,3,6-9H2,1-2,4-5H3,(H2,19,21)/b14-10+,16-13-. The summed E-state index contributed by atoms with van der Waals surface area (Å²) < 4.78 is 0. The minimum atomic E-state index is 0.596. The third-order valence-corrected chi connectivity index (χ3v) is 3.35. The number of nitrogens with zero attached hydrogens (tertiary/aromatic N) is 3. The van der Waals surface area contributed by atoms with Crippen molar-refractivity contribution < 1.29 is 0 Å². The van der Waals surface area contributed by atoms with Gasteiger partial charge in [-0.1, -0.05) is 11.6 Å². The Morgan fingerprint density at radius 2 is 2.09 bits per heavy atom. The highest BCUT2D eigenvalue weighted by atomic mass is 15.0. The average Bonchev–Trinajstić information content (AvgIpc) is 2.42. The fraction of sp³-hybridized carbons (Fsp3) is 0.444. The molecule has 1 aromatic rings. The Labute approximate surface area is 134 Å². The second-order valence-electron chi connectivity index (χ2n) is 5.99. The van der Waals surface area contributed by atoms with Crippen molar-refractivity contribution in [1.29, 1.82) is 0 Å². The lowest BCUT2D eigenvalue weighted by Gasteiger charge is -2.10. The van der Waals surface area contributed by atoms with Gasteiger partial charge in [-0.25, -0.2) is 4.98 Å². The molecule has 0 spiro atoms. The zero-order valence-electron chi connectivity index (χ0n) is 14.3. The molecule has 1 rings (SSSR count). The van der Waals surface area contributed by atoms with Crippen LogP contribution < -0.4 is 5.73 Å². The number of rotatable bonds is 8. The van der Waals surface area contributed by atoms with E-state index in [1.54, 1.807) is 0 Å². The number of aromatic nitrogens is 1. The first-order valence-electron chi connectivity index (χ1n) is 7.60. The van der Waals surface area contributed by atoms with Gasteiger partial charge in [-0.2, -0.15) is 0 Å². The van der Waals surface area contributed by atoms with Crippen LogP contribution >= 0.6 is 0 Å². The Balaban J connectivity index is 2.66. The van der Waals surface area contributed by atoms with Crippen LogP contribution in [0.4, 0.5) is 5.82 Å². The first kappa shape index (κ1) is 18.1. The summed E-state index contributed by atoms with van der Waals surface area (Å²) in [6, 6.07) is 3.99. The summed E-state index contributed by atoms with van der Waals surface area (Å²) in [5, 5.41) is 0. The number of hydrogen-bond donors (Lipinski definition) is 1. The van der Waals surface area contributed by atoms with Gasteiger partial charge in [0.2, 0.25) is 0 Å². The van der Waals surface area contributed by atoms with E-state index in [2.05, 4.69) is 54.8 Å². The molecule has 0 aromatic carbocycles. The molecule has 0 bridgehead atoms. The zero-order valence-corrected chi connectivity index (χ0v) is 14.3. The zero-order chi connectivity index (χ0) is 16.5. The summed E-state index contributed by atoms with van der Waals surface area (Å²) in [5.74, 6) is 0.596. The molecule has 0 saturated carbocycles. The Bertz CT molecular complexity index is 536. The fourth-order valence-electron chi connectivity index (χ4n) is 2.25. The van der Waals surface area contributed by atoms with Gasteiger partial charge < -0.3 is 10.6 Å². The maximum atomic E-state index is 5.80. The molecule has 4 heteroatoms. The van der Waals surface area contributed by atoms with Crippen LogP contribution in [0.3, 0.4) is 0 Å². The van der Waals surface area contributed by atoms with Crippen LogP contribution in [0.25, 0.3) is 0 Å². The normalized spacial score (nSPS) is 12.8. The van der Waals surface area contributed by atoms with Gasteiger partial charge in [0.1, 0.15) is 5.82 Å². The van der Waals surface area contributed by atoms with Gasteiger partial charge in [0.15, 0.2) is 0 Å². The topological polar surface area (TPSA) is 54.5 Å². The van der Waals surface area contributed by atoms with Crippen LogP contribution in [-0.2, 0) is 6.42 Å². The van der Waals surface area contributed by atoms with Crippen LogP contribution in [0.15, 0.2) is 40.5 Å². The number of hydrogen-bond acceptors (Lipinski definition) is 4. The van der Waals surface area contributed by atoms with Crippen LogP contribution in [0.2, 0.25) is 0 Å². The Morgan fingerprint density at radius 1 is 1.36 bits per heavy atom. The number of nitrogen functional groups attached to an aromatic ring is 1. The van der Waals surface area contributed by atoms with Gasteiger partial charge in [0.05, 0.1) is 0 Å². The highest BCUT2D eigenvalue weighted by Gasteiger charge is 2.01. The molecule has 0 aliphatic heterocycles. The van der Waals surface area contributed by atoms with Crippen molar-refractivity contribution in [1.82, 2.24) is 9.88 Å². The summed E-state index contributed by atoms with van der Waals surface area (Å²) in [6.45, 7) is 8.74. The van der Waals surface area contributed by atoms with Crippen molar-refractivity contribution in [3.63, 3.8) is 0 Å². The lowest BCUT2D eigenvalue weighted by molar-refractivity contribution is 0.414. The minimum absolute atomic E-state index is 0.596. The van der Waals surface area contributed by atoms with Gasteiger partial charge >= 0.3 is 0 Å². The third kappa shape index (κ3) is 7.18. The van der Waals surface area contributed by atoms with Crippen LogP contribution in [0, 0.1) is 6.92 Å². The first-order chi connectivity index (χ1) is 10.4. The third-order valence-electron chi connectivity index (χ3n) is 3.35. The number of nitrogens with two attached hydrogens (primary N) is 1. The molecule has 0 fully saturated rings. The second kappa shape index (κ2) is 9.15. The van der Waals surface area contributed by atoms with Crippen molar-refractivity contribution in [2.24, 2.45) is 4.99 Å². The molecule has 0 unspecified atom stereocenters. The predicted molar refractivity (Wildman–Crippen MR) is 96.3 cm³/mol. The van der Waals surface area contributed by atoms with Crippen molar-refractivity contribution in [2.75, 3.05) is 26.4 Å². The van der Waals surface area contributed by atoms with E-state index in [9.17, 15) is 0 Å². The predicted octanol–water partition coefficient (Wildman–Crippen LogP) is 3.39. The summed E-state index contributed by atoms with van der Waals surface area (Å²) in [6.07, 6.45) is 6.88. The molecule has 0 aliphatic carbocycles. The molecule has 120 valence electrons. The van der Waals surface area contributed by atoms with E-state index >= 15 is 0 Å². The number of aliphatic imine (C=N–C) groups is 1. The SMILES string of the molecule is C=N/C=C(\C=C(/C)CCc1cc(C)cc(N)n1)CCN(C)C. The molecular formula is C18H28N4. The van der Waals surface area contributed by atoms with Gasteiger partial charge in [0, 0.05) is 18.4 Å². The van der Waals surface area contributed by atoms with Crippen molar-refractivity contribution in [2.45, 2.75) is 33.1 Å². The molecule has 0 radical (unpaired) electrons. The van der Waals surface area contributed by atoms with E-state index in [4.69, 9.17) is 5.73 Å². The van der Waals surface area contributed by atoms with E-state index < -0.39 is 0 Å². The number of allylic oxidation sites excluding steroid dienone is 2. The second-order valence-corrected chi connectivity index (χ2v) is 5.99. The molecule has 1 aromatic heterocycles. The molecule has 22 heavy (non-hydrogen) atoms. The largest absolute Gasteiger partial charge is 0.384 e. The summed E-state index contributed by atoms with van der Waals surface area (Å²) in [5.41, 5.74) is 10.5. The van der Waals surface area contributed by atoms with E-state index in [1.165, 1.54) is 11.1 Å². The molecule has 0 saturated heterocycles. The smallest absolute Gasteiger partial charge is 0.123 e. The highest BCUT2D eigenvalue weighted by molar-refractivity contribution is 5.34. The van der Waals surface area contributed by atoms with Gasteiger partial charge in [-0.3, -0.25) is 4.99 Å². The lowest BCUT2D eigenvalue weighted by Crippen LogP contribution is -2.13. The van der Waals surface area contributed by atoms with E-state index in [0.717, 1.165) is 37.1 Å². The maximum Gasteiger partial charge on any atom is 0.123 e. The van der Waals surface area contributed by atoms with Crippen LogP contribution in [0.1, 0.15) is 31.0 Å². The van der Waals surface area contributed by atoms with Crippen LogP contribution in [-0.4, -0.2) is 37.2 Å². The monoisotopic (exact) mass is 300 g/mol. The lowest BCUT2D eigenvalue weighted by atomic mass is 10.0. The maximum absolute atomic E-state index is 5.80. The van der Waals surface area contributed by atoms with E-state index in [0.29, 0.717) is 5.82 Å². The van der Waals surface area contributed by atoms with Gasteiger partial charge in [-0.15, -0.1) is 0 Å². The van der Waals surface area contributed by atoms with Gasteiger partial charge in [0.25, 0.3) is 0 Å². The molecule has 0 aliphatic rings. The summed E-state index contributed by atoms with van der Waals surface area (Å²) >= 11 is 0. The molecule has 0 atom stereocenters. The molecule has 2 N–H and O–H groups in total. The fourth-order valence-corrected chi connectivity index (χ4v) is 2.25. The quantitative estimate of drug-likeness (QED) is 0.591. The van der Waals surface area contributed by atoms with E-state index in [1.807, 2.05) is 19.2 Å². The number of pyridine rings is 1. The average molecular weight is 300 g/mol. The van der Waals surface area contributed by atoms with Crippen molar-refractivity contribution in [3.8, 4) is 0 Å². The molecular weight excluding hydrogens is 272 g/mol. The minimum Gasteiger partial charge on any atom is -0.384 e. The van der Waals surface area contributed by atoms with E-state index in [-0.39, 0.29) is 0 Å².